The Bertz CT molecular complexity index is 903. The summed E-state index contributed by atoms with van der Waals surface area (Å²) in [6.45, 7) is 4.18. The molecular formula is C20H21NO3. The van der Waals surface area contributed by atoms with Crippen LogP contribution in [0.1, 0.15) is 11.1 Å². The van der Waals surface area contributed by atoms with Crippen molar-refractivity contribution in [2.45, 2.75) is 13.8 Å². The lowest BCUT2D eigenvalue weighted by atomic mass is 10.0. The molecule has 0 atom stereocenters. The van der Waals surface area contributed by atoms with Crippen molar-refractivity contribution < 1.29 is 14.2 Å². The van der Waals surface area contributed by atoms with Gasteiger partial charge in [0.15, 0.2) is 11.5 Å². The number of pyridine rings is 1. The highest BCUT2D eigenvalue weighted by Gasteiger charge is 2.17. The highest BCUT2D eigenvalue weighted by Crippen LogP contribution is 2.43. The molecular weight excluding hydrogens is 302 g/mol. The Balaban J connectivity index is 2.27. The zero-order chi connectivity index (χ0) is 17.3. The predicted octanol–water partition coefficient (Wildman–Crippen LogP) is 4.54. The first-order valence-electron chi connectivity index (χ1n) is 7.76. The lowest BCUT2D eigenvalue weighted by Crippen LogP contribution is -1.97. The van der Waals surface area contributed by atoms with Crippen molar-refractivity contribution in [3.05, 3.63) is 47.5 Å². The van der Waals surface area contributed by atoms with E-state index in [2.05, 4.69) is 32.0 Å². The van der Waals surface area contributed by atoms with Crippen molar-refractivity contribution in [2.75, 3.05) is 21.3 Å². The third-order valence-electron chi connectivity index (χ3n) is 4.16. The van der Waals surface area contributed by atoms with Gasteiger partial charge in [0, 0.05) is 17.0 Å². The number of hydrogen-bond acceptors (Lipinski definition) is 4. The Morgan fingerprint density at radius 2 is 1.54 bits per heavy atom. The summed E-state index contributed by atoms with van der Waals surface area (Å²) in [4.78, 5) is 4.82. The molecule has 0 aliphatic carbocycles. The molecule has 24 heavy (non-hydrogen) atoms. The van der Waals surface area contributed by atoms with Gasteiger partial charge in [-0.05, 0) is 37.6 Å². The quantitative estimate of drug-likeness (QED) is 0.706. The number of fused-ring (bicyclic) bond motifs is 1. The molecule has 0 amide bonds. The number of nitrogens with zero attached hydrogens (tertiary/aromatic N) is 1. The highest BCUT2D eigenvalue weighted by atomic mass is 16.5. The molecule has 124 valence electrons. The smallest absolute Gasteiger partial charge is 0.204 e. The second-order valence-electron chi connectivity index (χ2n) is 5.73. The van der Waals surface area contributed by atoms with Gasteiger partial charge in [-0.25, -0.2) is 4.98 Å². The molecule has 0 saturated heterocycles. The molecule has 0 spiro atoms. The van der Waals surface area contributed by atoms with E-state index in [4.69, 9.17) is 19.2 Å². The summed E-state index contributed by atoms with van der Waals surface area (Å²) >= 11 is 0. The van der Waals surface area contributed by atoms with Crippen molar-refractivity contribution in [3.63, 3.8) is 0 Å². The zero-order valence-electron chi connectivity index (χ0n) is 14.6. The van der Waals surface area contributed by atoms with Crippen LogP contribution < -0.4 is 14.2 Å². The maximum atomic E-state index is 5.54. The molecule has 3 rings (SSSR count). The van der Waals surface area contributed by atoms with Crippen molar-refractivity contribution in [1.82, 2.24) is 4.98 Å². The second-order valence-corrected chi connectivity index (χ2v) is 5.73. The van der Waals surface area contributed by atoms with Gasteiger partial charge in [-0.2, -0.15) is 0 Å². The van der Waals surface area contributed by atoms with Gasteiger partial charge in [-0.1, -0.05) is 17.7 Å². The van der Waals surface area contributed by atoms with Gasteiger partial charge in [0.25, 0.3) is 0 Å². The molecule has 0 saturated carbocycles. The molecule has 4 heteroatoms. The Morgan fingerprint density at radius 1 is 0.792 bits per heavy atom. The van der Waals surface area contributed by atoms with Crippen LogP contribution >= 0.6 is 0 Å². The van der Waals surface area contributed by atoms with Gasteiger partial charge in [-0.15, -0.1) is 0 Å². The largest absolute Gasteiger partial charge is 0.493 e. The van der Waals surface area contributed by atoms with Crippen LogP contribution in [0.15, 0.2) is 36.4 Å². The highest BCUT2D eigenvalue weighted by molar-refractivity contribution is 5.92. The van der Waals surface area contributed by atoms with Crippen molar-refractivity contribution in [2.24, 2.45) is 0 Å². The number of aromatic nitrogens is 1. The van der Waals surface area contributed by atoms with Crippen LogP contribution in [0.5, 0.6) is 17.2 Å². The number of aryl methyl sites for hydroxylation is 2. The molecule has 3 aromatic rings. The molecule has 2 aromatic carbocycles. The molecule has 0 aliphatic rings. The van der Waals surface area contributed by atoms with E-state index in [1.54, 1.807) is 21.3 Å². The Morgan fingerprint density at radius 3 is 2.21 bits per heavy atom. The second kappa shape index (κ2) is 6.40. The SMILES string of the molecule is COc1cc2nc(-c3cc(C)ccc3C)ccc2c(OC)c1OC. The Hall–Kier alpha value is -2.75. The van der Waals surface area contributed by atoms with Crippen LogP contribution in [0.3, 0.4) is 0 Å². The van der Waals surface area contributed by atoms with Crippen molar-refractivity contribution in [1.29, 1.82) is 0 Å². The minimum absolute atomic E-state index is 0.578. The van der Waals surface area contributed by atoms with Gasteiger partial charge in [0.1, 0.15) is 0 Å². The average Bonchev–Trinajstić information content (AvgIpc) is 2.61. The van der Waals surface area contributed by atoms with Crippen LogP contribution in [-0.4, -0.2) is 26.3 Å². The van der Waals surface area contributed by atoms with Gasteiger partial charge < -0.3 is 14.2 Å². The molecule has 0 fully saturated rings. The average molecular weight is 323 g/mol. The van der Waals surface area contributed by atoms with Crippen molar-refractivity contribution in [3.8, 4) is 28.5 Å². The maximum Gasteiger partial charge on any atom is 0.204 e. The first kappa shape index (κ1) is 16.1. The van der Waals surface area contributed by atoms with E-state index in [0.29, 0.717) is 17.2 Å². The summed E-state index contributed by atoms with van der Waals surface area (Å²) < 4.78 is 16.4. The molecule has 0 aliphatic heterocycles. The van der Waals surface area contributed by atoms with Crippen LogP contribution in [-0.2, 0) is 0 Å². The van der Waals surface area contributed by atoms with Crippen LogP contribution in [0, 0.1) is 13.8 Å². The summed E-state index contributed by atoms with van der Waals surface area (Å²) in [5.74, 6) is 1.81. The van der Waals surface area contributed by atoms with E-state index in [9.17, 15) is 0 Å². The van der Waals surface area contributed by atoms with E-state index >= 15 is 0 Å². The third-order valence-corrected chi connectivity index (χ3v) is 4.16. The summed E-state index contributed by atoms with van der Waals surface area (Å²) in [5.41, 5.74) is 5.27. The van der Waals surface area contributed by atoms with Crippen molar-refractivity contribution >= 4 is 10.9 Å². The topological polar surface area (TPSA) is 40.6 Å². The maximum absolute atomic E-state index is 5.54. The van der Waals surface area contributed by atoms with Gasteiger partial charge in [0.05, 0.1) is 32.5 Å². The number of benzene rings is 2. The predicted molar refractivity (Wildman–Crippen MR) is 96.3 cm³/mol. The number of hydrogen-bond donors (Lipinski definition) is 0. The van der Waals surface area contributed by atoms with E-state index in [1.165, 1.54) is 11.1 Å². The summed E-state index contributed by atoms with van der Waals surface area (Å²) in [6.07, 6.45) is 0. The third kappa shape index (κ3) is 2.64. The minimum atomic E-state index is 0.578. The lowest BCUT2D eigenvalue weighted by Gasteiger charge is -2.15. The summed E-state index contributed by atoms with van der Waals surface area (Å²) in [6, 6.07) is 12.3. The normalized spacial score (nSPS) is 10.7. The van der Waals surface area contributed by atoms with Crippen LogP contribution in [0.4, 0.5) is 0 Å². The molecule has 4 nitrogen and oxygen atoms in total. The zero-order valence-corrected chi connectivity index (χ0v) is 14.6. The van der Waals surface area contributed by atoms with Gasteiger partial charge >= 0.3 is 0 Å². The first-order chi connectivity index (χ1) is 11.6. The number of methoxy groups -OCH3 is 3. The summed E-state index contributed by atoms with van der Waals surface area (Å²) in [7, 11) is 4.83. The molecule has 1 aromatic heterocycles. The fraction of sp³-hybridized carbons (Fsp3) is 0.250. The Kier molecular flexibility index (Phi) is 4.30. The monoisotopic (exact) mass is 323 g/mol. The molecule has 0 N–H and O–H groups in total. The standard InChI is InChI=1S/C20H21NO3/c1-12-6-7-13(2)15(10-12)16-9-8-14-17(21-16)11-18(22-3)20(24-5)19(14)23-4/h6-11H,1-5H3. The molecule has 0 bridgehead atoms. The van der Waals surface area contributed by atoms with Crippen LogP contribution in [0.25, 0.3) is 22.2 Å². The minimum Gasteiger partial charge on any atom is -0.493 e. The van der Waals surface area contributed by atoms with Crippen LogP contribution in [0.2, 0.25) is 0 Å². The molecule has 0 radical (unpaired) electrons. The van der Waals surface area contributed by atoms with Gasteiger partial charge in [-0.3, -0.25) is 0 Å². The Labute approximate surface area is 142 Å². The summed E-state index contributed by atoms with van der Waals surface area (Å²) in [5, 5.41) is 0.893. The fourth-order valence-electron chi connectivity index (χ4n) is 2.91. The van der Waals surface area contributed by atoms with Gasteiger partial charge in [0.2, 0.25) is 5.75 Å². The fourth-order valence-corrected chi connectivity index (χ4v) is 2.91. The van der Waals surface area contributed by atoms with E-state index in [1.807, 2.05) is 18.2 Å². The van der Waals surface area contributed by atoms with E-state index < -0.39 is 0 Å². The number of ether oxygens (including phenoxy) is 3. The number of rotatable bonds is 4. The molecule has 1 heterocycles. The first-order valence-corrected chi connectivity index (χ1v) is 7.76. The van der Waals surface area contributed by atoms with E-state index in [0.717, 1.165) is 22.2 Å². The molecule has 0 unspecified atom stereocenters. The lowest BCUT2D eigenvalue weighted by molar-refractivity contribution is 0.327. The van der Waals surface area contributed by atoms with E-state index in [-0.39, 0.29) is 0 Å².